The van der Waals surface area contributed by atoms with Gasteiger partial charge in [0.05, 0.1) is 5.39 Å². The van der Waals surface area contributed by atoms with Gasteiger partial charge in [-0.1, -0.05) is 0 Å². The average molecular weight is 242 g/mol. The summed E-state index contributed by atoms with van der Waals surface area (Å²) in [5.41, 5.74) is 0.520. The number of fused-ring (bicyclic) bond motifs is 1. The van der Waals surface area contributed by atoms with Crippen LogP contribution in [0, 0.1) is 0 Å². The molecule has 0 aromatic carbocycles. The molecule has 13 heavy (non-hydrogen) atoms. The van der Waals surface area contributed by atoms with Gasteiger partial charge in [-0.3, -0.25) is 0 Å². The van der Waals surface area contributed by atoms with Crippen molar-refractivity contribution in [3.63, 3.8) is 0 Å². The number of halogens is 1. The first-order valence-electron chi connectivity index (χ1n) is 3.46. The second kappa shape index (κ2) is 2.85. The van der Waals surface area contributed by atoms with Gasteiger partial charge in [0.25, 0.3) is 0 Å². The summed E-state index contributed by atoms with van der Waals surface area (Å²) in [4.78, 5) is 14.4. The number of rotatable bonds is 1. The van der Waals surface area contributed by atoms with Crippen LogP contribution in [-0.4, -0.2) is 16.1 Å². The van der Waals surface area contributed by atoms with E-state index in [0.717, 1.165) is 0 Å². The number of nitrogens with zero attached hydrogens (tertiary/aromatic N) is 1. The number of carboxylic acid groups (broad SMARTS) is 1. The Labute approximate surface area is 81.3 Å². The first-order chi connectivity index (χ1) is 6.18. The normalized spacial score (nSPS) is 10.5. The lowest BCUT2D eigenvalue weighted by molar-refractivity contribution is 0.0693. The monoisotopic (exact) mass is 241 g/mol. The van der Waals surface area contributed by atoms with Gasteiger partial charge >= 0.3 is 5.97 Å². The van der Waals surface area contributed by atoms with Crippen LogP contribution in [0.4, 0.5) is 0 Å². The van der Waals surface area contributed by atoms with Crippen LogP contribution in [0.15, 0.2) is 27.4 Å². The summed E-state index contributed by atoms with van der Waals surface area (Å²) in [6.07, 6.45) is 1.40. The highest BCUT2D eigenvalue weighted by Crippen LogP contribution is 2.24. The Hall–Kier alpha value is -1.36. The third-order valence-corrected chi connectivity index (χ3v) is 2.01. The maximum absolute atomic E-state index is 10.7. The molecule has 0 fully saturated rings. The number of aromatic nitrogens is 1. The van der Waals surface area contributed by atoms with Gasteiger partial charge in [0.15, 0.2) is 10.4 Å². The van der Waals surface area contributed by atoms with E-state index in [4.69, 9.17) is 9.52 Å². The molecule has 0 radical (unpaired) electrons. The minimum atomic E-state index is -1.06. The molecule has 0 saturated carbocycles. The number of carbonyl (C=O) groups is 1. The highest BCUT2D eigenvalue weighted by atomic mass is 79.9. The molecule has 2 aromatic heterocycles. The van der Waals surface area contributed by atoms with E-state index in [0.29, 0.717) is 15.6 Å². The Morgan fingerprint density at radius 1 is 1.62 bits per heavy atom. The molecule has 0 aliphatic rings. The van der Waals surface area contributed by atoms with Gasteiger partial charge < -0.3 is 9.52 Å². The third kappa shape index (κ3) is 1.31. The molecule has 66 valence electrons. The average Bonchev–Trinajstić information content (AvgIpc) is 2.43. The van der Waals surface area contributed by atoms with Crippen LogP contribution in [0.2, 0.25) is 0 Å². The van der Waals surface area contributed by atoms with E-state index in [9.17, 15) is 4.79 Å². The van der Waals surface area contributed by atoms with Crippen LogP contribution < -0.4 is 0 Å². The Kier molecular flexibility index (Phi) is 1.81. The van der Waals surface area contributed by atoms with Gasteiger partial charge in [-0.25, -0.2) is 9.78 Å². The molecule has 0 atom stereocenters. The fourth-order valence-corrected chi connectivity index (χ4v) is 1.51. The van der Waals surface area contributed by atoms with E-state index in [1.54, 1.807) is 12.1 Å². The summed E-state index contributed by atoms with van der Waals surface area (Å²) in [5.74, 6) is -1.06. The fourth-order valence-electron chi connectivity index (χ4n) is 1.10. The molecule has 4 nitrogen and oxygen atoms in total. The molecule has 0 aliphatic carbocycles. The molecule has 0 unspecified atom stereocenters. The zero-order chi connectivity index (χ0) is 9.42. The van der Waals surface area contributed by atoms with Gasteiger partial charge in [0.1, 0.15) is 5.58 Å². The second-order valence-corrected chi connectivity index (χ2v) is 3.21. The summed E-state index contributed by atoms with van der Waals surface area (Å²) < 4.78 is 5.67. The Morgan fingerprint density at radius 3 is 3.08 bits per heavy atom. The topological polar surface area (TPSA) is 63.3 Å². The lowest BCUT2D eigenvalue weighted by atomic mass is 10.2. The number of aromatic carboxylic acids is 1. The minimum Gasteiger partial charge on any atom is -0.476 e. The molecule has 1 N–H and O–H groups in total. The summed E-state index contributed by atoms with van der Waals surface area (Å²) in [6, 6.07) is 3.21. The summed E-state index contributed by atoms with van der Waals surface area (Å²) in [5, 5.41) is 9.27. The quantitative estimate of drug-likeness (QED) is 0.833. The van der Waals surface area contributed by atoms with Crippen LogP contribution in [0.25, 0.3) is 11.0 Å². The summed E-state index contributed by atoms with van der Waals surface area (Å²) in [7, 11) is 0. The smallest absolute Gasteiger partial charge is 0.355 e. The van der Waals surface area contributed by atoms with E-state index in [2.05, 4.69) is 20.9 Å². The van der Waals surface area contributed by atoms with E-state index >= 15 is 0 Å². The number of furan rings is 1. The van der Waals surface area contributed by atoms with Crippen molar-refractivity contribution in [2.75, 3.05) is 0 Å². The Bertz CT molecular complexity index is 477. The lowest BCUT2D eigenvalue weighted by Gasteiger charge is -1.92. The molecule has 0 amide bonds. The molecular formula is C8H4BrNO3. The largest absolute Gasteiger partial charge is 0.476 e. The molecule has 2 rings (SSSR count). The second-order valence-electron chi connectivity index (χ2n) is 2.43. The molecular weight excluding hydrogens is 238 g/mol. The van der Waals surface area contributed by atoms with Crippen molar-refractivity contribution in [2.24, 2.45) is 0 Å². The summed E-state index contributed by atoms with van der Waals surface area (Å²) >= 11 is 3.12. The molecule has 5 heteroatoms. The molecule has 2 heterocycles. The van der Waals surface area contributed by atoms with Crippen molar-refractivity contribution in [1.29, 1.82) is 0 Å². The number of hydrogen-bond donors (Lipinski definition) is 1. The minimum absolute atomic E-state index is 0.00644. The maximum Gasteiger partial charge on any atom is 0.355 e. The van der Waals surface area contributed by atoms with Crippen LogP contribution in [-0.2, 0) is 0 Å². The van der Waals surface area contributed by atoms with Crippen molar-refractivity contribution < 1.29 is 14.3 Å². The Morgan fingerprint density at radius 2 is 2.38 bits per heavy atom. The predicted octanol–water partition coefficient (Wildman–Crippen LogP) is 2.29. The maximum atomic E-state index is 10.7. The zero-order valence-electron chi connectivity index (χ0n) is 6.32. The number of hydrogen-bond acceptors (Lipinski definition) is 3. The molecule has 0 spiro atoms. The van der Waals surface area contributed by atoms with Crippen molar-refractivity contribution in [2.45, 2.75) is 0 Å². The van der Waals surface area contributed by atoms with Crippen molar-refractivity contribution >= 4 is 32.9 Å². The van der Waals surface area contributed by atoms with Gasteiger partial charge in [-0.15, -0.1) is 0 Å². The van der Waals surface area contributed by atoms with Gasteiger partial charge in [-0.05, 0) is 22.0 Å². The molecule has 2 aromatic rings. The highest BCUT2D eigenvalue weighted by Gasteiger charge is 2.12. The van der Waals surface area contributed by atoms with Crippen LogP contribution >= 0.6 is 15.9 Å². The van der Waals surface area contributed by atoms with Crippen molar-refractivity contribution in [3.05, 3.63) is 28.7 Å². The Balaban J connectivity index is 2.82. The van der Waals surface area contributed by atoms with Crippen LogP contribution in [0.1, 0.15) is 10.5 Å². The first-order valence-corrected chi connectivity index (χ1v) is 4.25. The van der Waals surface area contributed by atoms with Gasteiger partial charge in [-0.2, -0.15) is 0 Å². The van der Waals surface area contributed by atoms with E-state index in [1.807, 2.05) is 0 Å². The standard InChI is InChI=1S/C8H4BrNO3/c9-6-3-4-5(13-6)1-2-10-7(4)8(11)12/h1-3H,(H,11,12). The van der Waals surface area contributed by atoms with E-state index < -0.39 is 5.97 Å². The van der Waals surface area contributed by atoms with E-state index in [-0.39, 0.29) is 5.69 Å². The zero-order valence-corrected chi connectivity index (χ0v) is 7.91. The van der Waals surface area contributed by atoms with Crippen molar-refractivity contribution in [1.82, 2.24) is 4.98 Å². The lowest BCUT2D eigenvalue weighted by Crippen LogP contribution is -1.99. The molecule has 0 saturated heterocycles. The van der Waals surface area contributed by atoms with E-state index in [1.165, 1.54) is 6.20 Å². The number of carboxylic acids is 1. The van der Waals surface area contributed by atoms with Gasteiger partial charge in [0, 0.05) is 12.3 Å². The van der Waals surface area contributed by atoms with Crippen LogP contribution in [0.5, 0.6) is 0 Å². The molecule has 0 bridgehead atoms. The first kappa shape index (κ1) is 8.25. The third-order valence-electron chi connectivity index (χ3n) is 1.62. The van der Waals surface area contributed by atoms with Gasteiger partial charge in [0.2, 0.25) is 0 Å². The molecule has 0 aliphatic heterocycles. The highest BCUT2D eigenvalue weighted by molar-refractivity contribution is 9.10. The summed E-state index contributed by atoms with van der Waals surface area (Å²) in [6.45, 7) is 0. The predicted molar refractivity (Wildman–Crippen MR) is 48.7 cm³/mol. The van der Waals surface area contributed by atoms with Crippen LogP contribution in [0.3, 0.4) is 0 Å². The SMILES string of the molecule is O=C(O)c1nccc2oc(Br)cc12. The number of pyridine rings is 1. The van der Waals surface area contributed by atoms with Crippen molar-refractivity contribution in [3.8, 4) is 0 Å². The fraction of sp³-hybridized carbons (Fsp3) is 0.